The molecule has 0 spiro atoms. The van der Waals surface area contributed by atoms with Gasteiger partial charge in [-0.15, -0.1) is 0 Å². The van der Waals surface area contributed by atoms with Gasteiger partial charge in [0.15, 0.2) is 5.65 Å². The van der Waals surface area contributed by atoms with E-state index in [1.165, 1.54) is 6.42 Å². The van der Waals surface area contributed by atoms with Gasteiger partial charge in [-0.3, -0.25) is 4.57 Å². The van der Waals surface area contributed by atoms with E-state index in [1.807, 2.05) is 50.5 Å². The normalized spacial score (nSPS) is 17.8. The van der Waals surface area contributed by atoms with Crippen molar-refractivity contribution in [2.45, 2.75) is 19.8 Å². The number of rotatable bonds is 4. The zero-order chi connectivity index (χ0) is 17.2. The molecule has 1 fully saturated rings. The van der Waals surface area contributed by atoms with E-state index in [-0.39, 0.29) is 0 Å². The van der Waals surface area contributed by atoms with E-state index in [9.17, 15) is 0 Å². The van der Waals surface area contributed by atoms with Crippen LogP contribution < -0.4 is 9.64 Å². The number of pyridine rings is 2. The molecule has 0 N–H and O–H groups in total. The average molecular weight is 337 g/mol. The minimum Gasteiger partial charge on any atom is -0.477 e. The predicted octanol–water partition coefficient (Wildman–Crippen LogP) is 2.97. The molecule has 0 bridgehead atoms. The highest BCUT2D eigenvalue weighted by Gasteiger charge is 2.24. The Morgan fingerprint density at radius 2 is 2.12 bits per heavy atom. The first kappa shape index (κ1) is 15.9. The molecule has 1 aliphatic rings. The molecule has 130 valence electrons. The number of hydrogen-bond acceptors (Lipinski definition) is 5. The van der Waals surface area contributed by atoms with Gasteiger partial charge in [0.2, 0.25) is 11.8 Å². The van der Waals surface area contributed by atoms with Gasteiger partial charge >= 0.3 is 0 Å². The Morgan fingerprint density at radius 3 is 2.96 bits per heavy atom. The highest BCUT2D eigenvalue weighted by molar-refractivity contribution is 5.74. The summed E-state index contributed by atoms with van der Waals surface area (Å²) in [6.07, 6.45) is 4.13. The van der Waals surface area contributed by atoms with Gasteiger partial charge < -0.3 is 9.64 Å². The van der Waals surface area contributed by atoms with E-state index in [0.29, 0.717) is 18.4 Å². The first-order valence-corrected chi connectivity index (χ1v) is 8.79. The molecule has 0 radical (unpaired) electrons. The molecular weight excluding hydrogens is 314 g/mol. The van der Waals surface area contributed by atoms with Crippen LogP contribution in [0.25, 0.3) is 11.2 Å². The summed E-state index contributed by atoms with van der Waals surface area (Å²) < 4.78 is 8.01. The summed E-state index contributed by atoms with van der Waals surface area (Å²) in [5.41, 5.74) is 2.86. The van der Waals surface area contributed by atoms with Gasteiger partial charge in [-0.1, -0.05) is 6.07 Å². The van der Waals surface area contributed by atoms with Crippen molar-refractivity contribution in [1.29, 1.82) is 0 Å². The van der Waals surface area contributed by atoms with Crippen LogP contribution in [-0.4, -0.2) is 39.2 Å². The van der Waals surface area contributed by atoms with Gasteiger partial charge in [0.05, 0.1) is 6.61 Å². The van der Waals surface area contributed by atoms with E-state index >= 15 is 0 Å². The summed E-state index contributed by atoms with van der Waals surface area (Å²) in [6, 6.07) is 9.83. The molecule has 3 aromatic rings. The molecule has 6 nitrogen and oxygen atoms in total. The quantitative estimate of drug-likeness (QED) is 0.732. The summed E-state index contributed by atoms with van der Waals surface area (Å²) in [7, 11) is 2.04. The lowest BCUT2D eigenvalue weighted by Gasteiger charge is -2.33. The average Bonchev–Trinajstić information content (AvgIpc) is 2.98. The smallest absolute Gasteiger partial charge is 0.213 e. The van der Waals surface area contributed by atoms with E-state index in [4.69, 9.17) is 9.72 Å². The Morgan fingerprint density at radius 1 is 1.20 bits per heavy atom. The van der Waals surface area contributed by atoms with Gasteiger partial charge in [-0.05, 0) is 38.0 Å². The number of aromatic nitrogens is 4. The number of anilines is 1. The van der Waals surface area contributed by atoms with Crippen LogP contribution >= 0.6 is 0 Å². The number of fused-ring (bicyclic) bond motifs is 1. The maximum atomic E-state index is 5.92. The van der Waals surface area contributed by atoms with E-state index in [1.54, 1.807) is 0 Å². The minimum absolute atomic E-state index is 0.476. The SMILES string of the molecule is Cc1cccc(OCC2CCCN(c3nc4cccnc4n3C)C2)n1. The molecule has 1 saturated heterocycles. The van der Waals surface area contributed by atoms with Crippen LogP contribution in [-0.2, 0) is 7.05 Å². The molecule has 1 aliphatic heterocycles. The fourth-order valence-corrected chi connectivity index (χ4v) is 3.48. The number of imidazole rings is 1. The Hall–Kier alpha value is -2.63. The van der Waals surface area contributed by atoms with Crippen molar-refractivity contribution in [3.05, 3.63) is 42.2 Å². The van der Waals surface area contributed by atoms with Crippen LogP contribution in [0.3, 0.4) is 0 Å². The van der Waals surface area contributed by atoms with Crippen molar-refractivity contribution in [3.8, 4) is 5.88 Å². The van der Waals surface area contributed by atoms with Gasteiger partial charge in [0, 0.05) is 44.0 Å². The van der Waals surface area contributed by atoms with Crippen molar-refractivity contribution in [3.63, 3.8) is 0 Å². The van der Waals surface area contributed by atoms with Crippen molar-refractivity contribution in [1.82, 2.24) is 19.5 Å². The van der Waals surface area contributed by atoms with Crippen LogP contribution in [0.4, 0.5) is 5.95 Å². The van der Waals surface area contributed by atoms with Crippen LogP contribution in [0.2, 0.25) is 0 Å². The zero-order valence-electron chi connectivity index (χ0n) is 14.7. The molecule has 1 atom stereocenters. The lowest BCUT2D eigenvalue weighted by molar-refractivity contribution is 0.221. The number of hydrogen-bond donors (Lipinski definition) is 0. The number of nitrogens with zero attached hydrogens (tertiary/aromatic N) is 5. The molecule has 1 unspecified atom stereocenters. The molecular formula is C19H23N5O. The van der Waals surface area contributed by atoms with Gasteiger partial charge in [-0.25, -0.2) is 15.0 Å². The molecule has 0 amide bonds. The second kappa shape index (κ2) is 6.70. The standard InChI is InChI=1S/C19H23N5O/c1-14-6-3-9-17(21-14)25-13-15-7-5-11-24(12-15)19-22-16-8-4-10-20-18(16)23(19)2/h3-4,6,8-10,15H,5,7,11-13H2,1-2H3. The number of ether oxygens (including phenoxy) is 1. The number of aryl methyl sites for hydroxylation is 2. The summed E-state index contributed by atoms with van der Waals surface area (Å²) in [5, 5.41) is 0. The van der Waals surface area contributed by atoms with Gasteiger partial charge in [0.25, 0.3) is 0 Å². The van der Waals surface area contributed by atoms with Crippen molar-refractivity contribution in [2.24, 2.45) is 13.0 Å². The number of piperidine rings is 1. The van der Waals surface area contributed by atoms with Crippen molar-refractivity contribution < 1.29 is 4.74 Å². The fraction of sp³-hybridized carbons (Fsp3) is 0.421. The minimum atomic E-state index is 0.476. The maximum Gasteiger partial charge on any atom is 0.213 e. The third kappa shape index (κ3) is 3.29. The van der Waals surface area contributed by atoms with Crippen LogP contribution in [0, 0.1) is 12.8 Å². The molecule has 4 heterocycles. The van der Waals surface area contributed by atoms with E-state index < -0.39 is 0 Å². The predicted molar refractivity (Wildman–Crippen MR) is 97.9 cm³/mol. The molecule has 0 aliphatic carbocycles. The third-order valence-corrected chi connectivity index (χ3v) is 4.74. The topological polar surface area (TPSA) is 56.1 Å². The molecule has 0 saturated carbocycles. The fourth-order valence-electron chi connectivity index (χ4n) is 3.48. The zero-order valence-corrected chi connectivity index (χ0v) is 14.7. The second-order valence-corrected chi connectivity index (χ2v) is 6.70. The van der Waals surface area contributed by atoms with E-state index in [2.05, 4.69) is 19.4 Å². The largest absolute Gasteiger partial charge is 0.477 e. The van der Waals surface area contributed by atoms with Crippen LogP contribution in [0.1, 0.15) is 18.5 Å². The van der Waals surface area contributed by atoms with Crippen molar-refractivity contribution in [2.75, 3.05) is 24.6 Å². The second-order valence-electron chi connectivity index (χ2n) is 6.70. The highest BCUT2D eigenvalue weighted by Crippen LogP contribution is 2.25. The summed E-state index contributed by atoms with van der Waals surface area (Å²) in [4.78, 5) is 16.0. The van der Waals surface area contributed by atoms with Gasteiger partial charge in [-0.2, -0.15) is 0 Å². The monoisotopic (exact) mass is 337 g/mol. The lowest BCUT2D eigenvalue weighted by Crippen LogP contribution is -2.39. The Labute approximate surface area is 147 Å². The van der Waals surface area contributed by atoms with Crippen LogP contribution in [0.15, 0.2) is 36.5 Å². The molecule has 25 heavy (non-hydrogen) atoms. The summed E-state index contributed by atoms with van der Waals surface area (Å²) >= 11 is 0. The molecule has 3 aromatic heterocycles. The van der Waals surface area contributed by atoms with Gasteiger partial charge in [0.1, 0.15) is 5.52 Å². The van der Waals surface area contributed by atoms with Crippen molar-refractivity contribution >= 4 is 17.1 Å². The molecule has 4 rings (SSSR count). The first-order valence-electron chi connectivity index (χ1n) is 8.79. The molecule has 0 aromatic carbocycles. The highest BCUT2D eigenvalue weighted by atomic mass is 16.5. The Kier molecular flexibility index (Phi) is 4.26. The Bertz CT molecular complexity index is 875. The first-order chi connectivity index (χ1) is 12.2. The molecule has 6 heteroatoms. The Balaban J connectivity index is 1.46. The lowest BCUT2D eigenvalue weighted by atomic mass is 9.99. The maximum absolute atomic E-state index is 5.92. The third-order valence-electron chi connectivity index (χ3n) is 4.74. The van der Waals surface area contributed by atoms with Crippen LogP contribution in [0.5, 0.6) is 5.88 Å². The summed E-state index contributed by atoms with van der Waals surface area (Å²) in [5.74, 6) is 2.18. The summed E-state index contributed by atoms with van der Waals surface area (Å²) in [6.45, 7) is 4.64. The van der Waals surface area contributed by atoms with E-state index in [0.717, 1.165) is 42.3 Å².